The van der Waals surface area contributed by atoms with E-state index in [2.05, 4.69) is 15.3 Å². The van der Waals surface area contributed by atoms with Crippen LogP contribution in [0.2, 0.25) is 5.02 Å². The van der Waals surface area contributed by atoms with Gasteiger partial charge in [-0.05, 0) is 24.6 Å². The summed E-state index contributed by atoms with van der Waals surface area (Å²) in [5.41, 5.74) is 0.705. The lowest BCUT2D eigenvalue weighted by atomic mass is 10.2. The summed E-state index contributed by atoms with van der Waals surface area (Å²) in [6, 6.07) is 5.91. The van der Waals surface area contributed by atoms with Gasteiger partial charge in [0.05, 0.1) is 17.4 Å². The van der Waals surface area contributed by atoms with Gasteiger partial charge in [0.15, 0.2) is 5.58 Å². The second-order valence-corrected chi connectivity index (χ2v) is 7.26. The van der Waals surface area contributed by atoms with Gasteiger partial charge < -0.3 is 14.6 Å². The van der Waals surface area contributed by atoms with Crippen LogP contribution in [0.25, 0.3) is 11.1 Å². The number of hydrogen-bond acceptors (Lipinski definition) is 5. The number of aromatic nitrogens is 2. The molecule has 1 aromatic carbocycles. The number of pyridine rings is 1. The summed E-state index contributed by atoms with van der Waals surface area (Å²) >= 11 is 5.91. The maximum atomic E-state index is 12.9. The number of fused-ring (bicyclic) bond motifs is 1. The molecule has 0 saturated carbocycles. The molecule has 1 aliphatic heterocycles. The van der Waals surface area contributed by atoms with Crippen molar-refractivity contribution in [2.24, 2.45) is 0 Å². The molecule has 0 unspecified atom stereocenters. The lowest BCUT2D eigenvalue weighted by Crippen LogP contribution is -2.38. The highest BCUT2D eigenvalue weighted by molar-refractivity contribution is 6.31. The van der Waals surface area contributed by atoms with Crippen molar-refractivity contribution >= 4 is 34.3 Å². The lowest BCUT2D eigenvalue weighted by molar-refractivity contribution is -0.137. The molecule has 29 heavy (non-hydrogen) atoms. The van der Waals surface area contributed by atoms with Crippen LogP contribution in [0, 0.1) is 0 Å². The zero-order valence-corrected chi connectivity index (χ0v) is 15.8. The Labute approximate surface area is 168 Å². The molecule has 10 heteroatoms. The number of carbonyl (C=O) groups is 1. The smallest absolute Gasteiger partial charge is 0.417 e. The highest BCUT2D eigenvalue weighted by Gasteiger charge is 2.32. The van der Waals surface area contributed by atoms with Gasteiger partial charge in [0.25, 0.3) is 0 Å². The van der Waals surface area contributed by atoms with Gasteiger partial charge in [-0.3, -0.25) is 9.78 Å². The molecule has 1 aliphatic rings. The molecule has 152 valence electrons. The van der Waals surface area contributed by atoms with Crippen molar-refractivity contribution < 1.29 is 22.4 Å². The van der Waals surface area contributed by atoms with E-state index in [4.69, 9.17) is 16.0 Å². The Morgan fingerprint density at radius 1 is 1.31 bits per heavy atom. The van der Waals surface area contributed by atoms with Crippen molar-refractivity contribution in [1.29, 1.82) is 0 Å². The van der Waals surface area contributed by atoms with Crippen molar-refractivity contribution in [3.05, 3.63) is 53.1 Å². The van der Waals surface area contributed by atoms with E-state index < -0.39 is 11.7 Å². The van der Waals surface area contributed by atoms with Gasteiger partial charge in [-0.15, -0.1) is 0 Å². The van der Waals surface area contributed by atoms with Crippen LogP contribution in [0.5, 0.6) is 0 Å². The summed E-state index contributed by atoms with van der Waals surface area (Å²) in [4.78, 5) is 22.0. The van der Waals surface area contributed by atoms with Crippen LogP contribution in [0.1, 0.15) is 17.9 Å². The minimum atomic E-state index is -4.44. The maximum absolute atomic E-state index is 12.9. The third-order valence-electron chi connectivity index (χ3n) is 4.68. The molecule has 3 aromatic rings. The third-order valence-corrected chi connectivity index (χ3v) is 4.91. The quantitative estimate of drug-likeness (QED) is 0.689. The molecule has 4 rings (SSSR count). The normalized spacial score (nSPS) is 17.1. The van der Waals surface area contributed by atoms with Crippen LogP contribution in [-0.4, -0.2) is 35.0 Å². The van der Waals surface area contributed by atoms with Crippen LogP contribution < -0.4 is 10.2 Å². The van der Waals surface area contributed by atoms with Crippen molar-refractivity contribution in [1.82, 2.24) is 15.3 Å². The highest BCUT2D eigenvalue weighted by Crippen LogP contribution is 2.31. The molecule has 0 bridgehead atoms. The predicted octanol–water partition coefficient (Wildman–Crippen LogP) is 3.83. The molecular weight excluding hydrogens is 409 g/mol. The fourth-order valence-electron chi connectivity index (χ4n) is 3.31. The zero-order valence-electron chi connectivity index (χ0n) is 15.0. The van der Waals surface area contributed by atoms with Crippen molar-refractivity contribution in [3.8, 4) is 0 Å². The SMILES string of the molecule is O=C(Cc1nc2ccc(Cl)cc2o1)N[C@@H]1CCN(c2cncc(C(F)(F)F)c2)C1. The van der Waals surface area contributed by atoms with Crippen LogP contribution >= 0.6 is 11.6 Å². The first-order valence-electron chi connectivity index (χ1n) is 8.89. The van der Waals surface area contributed by atoms with Crippen LogP contribution in [0.15, 0.2) is 41.1 Å². The van der Waals surface area contributed by atoms with Gasteiger partial charge in [-0.25, -0.2) is 4.98 Å². The number of nitrogens with zero attached hydrogens (tertiary/aromatic N) is 3. The summed E-state index contributed by atoms with van der Waals surface area (Å²) in [5.74, 6) is 0.00775. The number of nitrogens with one attached hydrogen (secondary N) is 1. The number of amides is 1. The third kappa shape index (κ3) is 4.45. The minimum absolute atomic E-state index is 0.0338. The Bertz CT molecular complexity index is 1050. The molecule has 1 saturated heterocycles. The van der Waals surface area contributed by atoms with Crippen LogP contribution in [-0.2, 0) is 17.4 Å². The van der Waals surface area contributed by atoms with E-state index in [1.807, 2.05) is 0 Å². The molecule has 2 aromatic heterocycles. The molecule has 1 fully saturated rings. The monoisotopic (exact) mass is 424 g/mol. The van der Waals surface area contributed by atoms with Crippen molar-refractivity contribution in [2.75, 3.05) is 18.0 Å². The second kappa shape index (κ2) is 7.55. The predicted molar refractivity (Wildman–Crippen MR) is 101 cm³/mol. The van der Waals surface area contributed by atoms with E-state index in [1.54, 1.807) is 23.1 Å². The molecule has 1 amide bonds. The first-order chi connectivity index (χ1) is 13.8. The Morgan fingerprint density at radius 3 is 2.93 bits per heavy atom. The highest BCUT2D eigenvalue weighted by atomic mass is 35.5. The summed E-state index contributed by atoms with van der Waals surface area (Å²) in [5, 5.41) is 3.39. The van der Waals surface area contributed by atoms with Gasteiger partial charge >= 0.3 is 6.18 Å². The van der Waals surface area contributed by atoms with Crippen molar-refractivity contribution in [3.63, 3.8) is 0 Å². The number of oxazole rings is 1. The first-order valence-corrected chi connectivity index (χ1v) is 9.27. The number of carbonyl (C=O) groups excluding carboxylic acids is 1. The maximum Gasteiger partial charge on any atom is 0.417 e. The van der Waals surface area contributed by atoms with Gasteiger partial charge in [-0.2, -0.15) is 13.2 Å². The molecule has 0 aliphatic carbocycles. The molecule has 1 atom stereocenters. The number of hydrogen-bond donors (Lipinski definition) is 1. The summed E-state index contributed by atoms with van der Waals surface area (Å²) in [6.45, 7) is 0.924. The summed E-state index contributed by atoms with van der Waals surface area (Å²) in [6.07, 6.45) is -1.67. The second-order valence-electron chi connectivity index (χ2n) is 6.83. The fourth-order valence-corrected chi connectivity index (χ4v) is 3.47. The molecular formula is C19H16ClF3N4O2. The molecule has 0 radical (unpaired) electrons. The van der Waals surface area contributed by atoms with Gasteiger partial charge in [0.2, 0.25) is 11.8 Å². The standard InChI is InChI=1S/C19H16ClF3N4O2/c20-12-1-2-15-16(6-12)29-18(26-15)7-17(28)25-13-3-4-27(10-13)14-5-11(8-24-9-14)19(21,22)23/h1-2,5-6,8-9,13H,3-4,7,10H2,(H,25,28)/t13-/m1/s1. The van der Waals surface area contributed by atoms with Crippen LogP contribution in [0.3, 0.4) is 0 Å². The van der Waals surface area contributed by atoms with Crippen molar-refractivity contribution in [2.45, 2.75) is 25.1 Å². The number of alkyl halides is 3. The number of rotatable bonds is 4. The topological polar surface area (TPSA) is 71.3 Å². The van der Waals surface area contributed by atoms with E-state index in [1.165, 1.54) is 6.20 Å². The number of anilines is 1. The largest absolute Gasteiger partial charge is 0.440 e. The summed E-state index contributed by atoms with van der Waals surface area (Å²) in [7, 11) is 0. The van der Waals surface area contributed by atoms with E-state index in [0.29, 0.717) is 41.3 Å². The number of benzene rings is 1. The van der Waals surface area contributed by atoms with Gasteiger partial charge in [-0.1, -0.05) is 11.6 Å². The van der Waals surface area contributed by atoms with Gasteiger partial charge in [0.1, 0.15) is 11.9 Å². The first kappa shape index (κ1) is 19.5. The van der Waals surface area contributed by atoms with Gasteiger partial charge in [0, 0.05) is 36.4 Å². The molecule has 3 heterocycles. The Morgan fingerprint density at radius 2 is 2.14 bits per heavy atom. The molecule has 1 N–H and O–H groups in total. The molecule has 0 spiro atoms. The van der Waals surface area contributed by atoms with E-state index in [-0.39, 0.29) is 24.3 Å². The molecule has 6 nitrogen and oxygen atoms in total. The fraction of sp³-hybridized carbons (Fsp3) is 0.316. The average molecular weight is 425 g/mol. The number of halogens is 4. The lowest BCUT2D eigenvalue weighted by Gasteiger charge is -2.19. The zero-order chi connectivity index (χ0) is 20.6. The Kier molecular flexibility index (Phi) is 5.08. The minimum Gasteiger partial charge on any atom is -0.440 e. The van der Waals surface area contributed by atoms with E-state index in [9.17, 15) is 18.0 Å². The summed E-state index contributed by atoms with van der Waals surface area (Å²) < 4.78 is 44.2. The van der Waals surface area contributed by atoms with E-state index >= 15 is 0 Å². The van der Waals surface area contributed by atoms with E-state index in [0.717, 1.165) is 12.3 Å². The average Bonchev–Trinajstić information content (AvgIpc) is 3.27. The van der Waals surface area contributed by atoms with Crippen LogP contribution in [0.4, 0.5) is 18.9 Å². The Balaban J connectivity index is 1.36. The Hall–Kier alpha value is -2.81.